The Morgan fingerprint density at radius 2 is 1.51 bits per heavy atom. The molecular formula is C34H48FNO. The number of rotatable bonds is 7. The van der Waals surface area contributed by atoms with Gasteiger partial charge in [0.1, 0.15) is 12.1 Å². The van der Waals surface area contributed by atoms with E-state index in [2.05, 4.69) is 64.8 Å². The molecule has 0 spiro atoms. The number of halogens is 1. The summed E-state index contributed by atoms with van der Waals surface area (Å²) in [7, 11) is 0. The van der Waals surface area contributed by atoms with Gasteiger partial charge in [0, 0.05) is 29.9 Å². The number of hydrogen-bond donors (Lipinski definition) is 0. The lowest BCUT2D eigenvalue weighted by Crippen LogP contribution is -2.33. The van der Waals surface area contributed by atoms with E-state index in [1.807, 2.05) is 39.0 Å². The zero-order valence-corrected chi connectivity index (χ0v) is 24.5. The van der Waals surface area contributed by atoms with E-state index in [0.717, 1.165) is 72.5 Å². The Kier molecular flexibility index (Phi) is 13.9. The number of benzene rings is 2. The molecule has 1 aliphatic rings. The molecule has 2 nitrogen and oxygen atoms in total. The molecule has 2 aromatic carbocycles. The zero-order valence-electron chi connectivity index (χ0n) is 24.5. The predicted octanol–water partition coefficient (Wildman–Crippen LogP) is 9.21. The van der Waals surface area contributed by atoms with Crippen molar-refractivity contribution < 1.29 is 9.18 Å². The number of allylic oxidation sites excluding steroid dienone is 3. The minimum absolute atomic E-state index is 0.180. The Balaban J connectivity index is 0.00000104. The quantitative estimate of drug-likeness (QED) is 0.212. The molecule has 0 bridgehead atoms. The van der Waals surface area contributed by atoms with E-state index in [1.165, 1.54) is 11.1 Å². The van der Waals surface area contributed by atoms with Gasteiger partial charge in [0.05, 0.1) is 0 Å². The third-order valence-electron chi connectivity index (χ3n) is 6.38. The van der Waals surface area contributed by atoms with Gasteiger partial charge in [0.15, 0.2) is 0 Å². The molecule has 3 heteroatoms. The van der Waals surface area contributed by atoms with E-state index >= 15 is 0 Å². The van der Waals surface area contributed by atoms with E-state index in [0.29, 0.717) is 11.5 Å². The molecule has 0 atom stereocenters. The Hall–Kier alpha value is -2.94. The molecule has 1 heterocycles. The maximum atomic E-state index is 13.1. The summed E-state index contributed by atoms with van der Waals surface area (Å²) in [6, 6.07) is 11.2. The smallest absolute Gasteiger partial charge is 0.150 e. The first-order valence-corrected chi connectivity index (χ1v) is 13.7. The second-order valence-electron chi connectivity index (χ2n) is 10.3. The molecule has 0 saturated carbocycles. The van der Waals surface area contributed by atoms with Gasteiger partial charge < -0.3 is 4.90 Å². The van der Waals surface area contributed by atoms with Crippen molar-refractivity contribution in [3.8, 4) is 0 Å². The Morgan fingerprint density at radius 3 is 2.00 bits per heavy atom. The molecule has 1 fully saturated rings. The van der Waals surface area contributed by atoms with Crippen molar-refractivity contribution in [1.29, 1.82) is 0 Å². The molecule has 0 unspecified atom stereocenters. The SMILES string of the molecule is C=C(C=O)/C(=C/C)c1cc(C(=C)N2CCC(Cc3ccc(F)cc3)CC2)c(C)cc1C.CC.CC(C)C. The van der Waals surface area contributed by atoms with Gasteiger partial charge in [-0.3, -0.25) is 4.79 Å². The fourth-order valence-electron chi connectivity index (χ4n) is 4.56. The van der Waals surface area contributed by atoms with Gasteiger partial charge in [-0.05, 0) is 97.9 Å². The van der Waals surface area contributed by atoms with Crippen LogP contribution < -0.4 is 0 Å². The lowest BCUT2D eigenvalue weighted by atomic mass is 9.88. The second-order valence-corrected chi connectivity index (χ2v) is 10.3. The average Bonchev–Trinajstić information content (AvgIpc) is 2.88. The third-order valence-corrected chi connectivity index (χ3v) is 6.38. The molecule has 0 amide bonds. The first-order chi connectivity index (χ1) is 17.6. The highest BCUT2D eigenvalue weighted by atomic mass is 19.1. The number of piperidine rings is 1. The van der Waals surface area contributed by atoms with E-state index in [9.17, 15) is 9.18 Å². The van der Waals surface area contributed by atoms with Gasteiger partial charge in [-0.1, -0.05) is 72.1 Å². The van der Waals surface area contributed by atoms with Crippen LogP contribution in [0, 0.1) is 31.5 Å². The summed E-state index contributed by atoms with van der Waals surface area (Å²) in [4.78, 5) is 13.7. The van der Waals surface area contributed by atoms with Crippen LogP contribution in [-0.2, 0) is 11.2 Å². The van der Waals surface area contributed by atoms with Crippen LogP contribution in [0.2, 0.25) is 0 Å². The molecule has 0 aliphatic carbocycles. The summed E-state index contributed by atoms with van der Waals surface area (Å²) in [6.07, 6.45) is 5.94. The van der Waals surface area contributed by atoms with Crippen molar-refractivity contribution in [2.75, 3.05) is 13.1 Å². The number of likely N-dealkylation sites (tertiary alicyclic amines) is 1. The van der Waals surface area contributed by atoms with Gasteiger partial charge in [0.2, 0.25) is 0 Å². The molecule has 2 aromatic rings. The molecule has 0 radical (unpaired) electrons. The Bertz CT molecular complexity index is 1050. The molecule has 37 heavy (non-hydrogen) atoms. The lowest BCUT2D eigenvalue weighted by molar-refractivity contribution is -0.104. The van der Waals surface area contributed by atoms with E-state index in [1.54, 1.807) is 12.1 Å². The van der Waals surface area contributed by atoms with Crippen molar-refractivity contribution in [2.24, 2.45) is 11.8 Å². The Labute approximate surface area is 226 Å². The fraction of sp³-hybridized carbons (Fsp3) is 0.441. The summed E-state index contributed by atoms with van der Waals surface area (Å²) >= 11 is 0. The van der Waals surface area contributed by atoms with Crippen molar-refractivity contribution in [3.05, 3.63) is 94.8 Å². The van der Waals surface area contributed by atoms with Crippen LogP contribution in [0.15, 0.2) is 61.2 Å². The first kappa shape index (κ1) is 32.1. The first-order valence-electron chi connectivity index (χ1n) is 13.7. The maximum Gasteiger partial charge on any atom is 0.150 e. The summed E-state index contributed by atoms with van der Waals surface area (Å²) in [5, 5.41) is 0. The third kappa shape index (κ3) is 9.80. The highest BCUT2D eigenvalue weighted by molar-refractivity contribution is 5.98. The summed E-state index contributed by atoms with van der Waals surface area (Å²) in [5.74, 6) is 1.26. The number of aryl methyl sites for hydroxylation is 2. The van der Waals surface area contributed by atoms with Gasteiger partial charge >= 0.3 is 0 Å². The molecular weight excluding hydrogens is 457 g/mol. The number of hydrogen-bond acceptors (Lipinski definition) is 2. The summed E-state index contributed by atoms with van der Waals surface area (Å²) in [5.41, 5.74) is 8.07. The molecule has 3 rings (SSSR count). The van der Waals surface area contributed by atoms with Crippen LogP contribution in [-0.4, -0.2) is 24.3 Å². The van der Waals surface area contributed by atoms with Crippen molar-refractivity contribution in [3.63, 3.8) is 0 Å². The predicted molar refractivity (Wildman–Crippen MR) is 160 cm³/mol. The standard InChI is InChI=1S/C28H32FNO.C4H10.C2H6/c1-6-26(21(4)18-31)28-17-27(19(2)15-20(28)3)22(5)30-13-11-24(12-14-30)16-23-7-9-25(29)10-8-23;1-4(2)3;1-2/h6-10,15,17-18,24H,4-5,11-14,16H2,1-3H3;4H,1-3H3;1-2H3/b26-6-;;. The van der Waals surface area contributed by atoms with Crippen molar-refractivity contribution in [1.82, 2.24) is 4.90 Å². The monoisotopic (exact) mass is 505 g/mol. The van der Waals surface area contributed by atoms with E-state index in [-0.39, 0.29) is 5.82 Å². The van der Waals surface area contributed by atoms with Crippen LogP contribution >= 0.6 is 0 Å². The molecule has 0 aromatic heterocycles. The van der Waals surface area contributed by atoms with E-state index < -0.39 is 0 Å². The molecule has 202 valence electrons. The number of nitrogens with zero attached hydrogens (tertiary/aromatic N) is 1. The van der Waals surface area contributed by atoms with Gasteiger partial charge in [-0.15, -0.1) is 0 Å². The van der Waals surface area contributed by atoms with Crippen molar-refractivity contribution in [2.45, 2.75) is 74.7 Å². The number of carbonyl (C=O) groups is 1. The second kappa shape index (κ2) is 16.0. The Morgan fingerprint density at radius 1 is 1.00 bits per heavy atom. The van der Waals surface area contributed by atoms with Gasteiger partial charge in [0.25, 0.3) is 0 Å². The lowest BCUT2D eigenvalue weighted by Gasteiger charge is -2.35. The normalized spacial score (nSPS) is 13.8. The van der Waals surface area contributed by atoms with E-state index in [4.69, 9.17) is 0 Å². The fourth-order valence-corrected chi connectivity index (χ4v) is 4.56. The van der Waals surface area contributed by atoms with Gasteiger partial charge in [-0.25, -0.2) is 4.39 Å². The van der Waals surface area contributed by atoms with Crippen LogP contribution in [0.25, 0.3) is 11.3 Å². The van der Waals surface area contributed by atoms with Gasteiger partial charge in [-0.2, -0.15) is 0 Å². The number of aldehydes is 1. The van der Waals surface area contributed by atoms with Crippen LogP contribution in [0.3, 0.4) is 0 Å². The highest BCUT2D eigenvalue weighted by Gasteiger charge is 2.22. The van der Waals surface area contributed by atoms with Crippen LogP contribution in [0.4, 0.5) is 4.39 Å². The topological polar surface area (TPSA) is 20.3 Å². The van der Waals surface area contributed by atoms with Crippen LogP contribution in [0.1, 0.15) is 82.2 Å². The van der Waals surface area contributed by atoms with Crippen molar-refractivity contribution >= 4 is 17.6 Å². The largest absolute Gasteiger partial charge is 0.372 e. The molecule has 0 N–H and O–H groups in total. The zero-order chi connectivity index (χ0) is 28.1. The molecule has 1 saturated heterocycles. The van der Waals surface area contributed by atoms with Crippen LogP contribution in [0.5, 0.6) is 0 Å². The minimum atomic E-state index is -0.180. The number of carbonyl (C=O) groups excluding carboxylic acids is 1. The molecule has 1 aliphatic heterocycles. The average molecular weight is 506 g/mol. The highest BCUT2D eigenvalue weighted by Crippen LogP contribution is 2.33. The maximum absolute atomic E-state index is 13.1. The minimum Gasteiger partial charge on any atom is -0.372 e. The summed E-state index contributed by atoms with van der Waals surface area (Å²) < 4.78 is 13.1. The summed E-state index contributed by atoms with van der Waals surface area (Å²) in [6.45, 7) is 26.9.